The summed E-state index contributed by atoms with van der Waals surface area (Å²) in [4.78, 5) is 0. The second kappa shape index (κ2) is 4.99. The monoisotopic (exact) mass is 278 g/mol. The minimum atomic E-state index is -0.619. The van der Waals surface area contributed by atoms with Crippen molar-refractivity contribution in [2.75, 3.05) is 0 Å². The number of fused-ring (bicyclic) bond motifs is 2. The van der Waals surface area contributed by atoms with Crippen LogP contribution in [0.25, 0.3) is 0 Å². The predicted molar refractivity (Wildman–Crippen MR) is 85.4 cm³/mol. The number of aryl methyl sites for hydroxylation is 2. The molecule has 1 nitrogen and oxygen atoms in total. The molecule has 108 valence electrons. The third-order valence-electron chi connectivity index (χ3n) is 5.40. The highest BCUT2D eigenvalue weighted by atomic mass is 16.3. The highest BCUT2D eigenvalue weighted by Crippen LogP contribution is 2.46. The molecule has 0 aliphatic heterocycles. The van der Waals surface area contributed by atoms with Crippen LogP contribution in [0.4, 0.5) is 0 Å². The molecule has 0 saturated heterocycles. The van der Waals surface area contributed by atoms with Gasteiger partial charge in [-0.2, -0.15) is 0 Å². The molecule has 2 aromatic rings. The molecule has 21 heavy (non-hydrogen) atoms. The fourth-order valence-corrected chi connectivity index (χ4v) is 4.35. The second-order valence-corrected chi connectivity index (χ2v) is 6.68. The molecule has 2 aliphatic carbocycles. The first kappa shape index (κ1) is 13.1. The average Bonchev–Trinajstić information content (AvgIpc) is 2.86. The number of rotatable bonds is 2. The molecule has 2 unspecified atom stereocenters. The summed E-state index contributed by atoms with van der Waals surface area (Å²) in [5.41, 5.74) is 4.86. The smallest absolute Gasteiger partial charge is 0.0908 e. The quantitative estimate of drug-likeness (QED) is 0.867. The Balaban J connectivity index is 1.66. The molecule has 0 fully saturated rings. The van der Waals surface area contributed by atoms with Gasteiger partial charge in [0.15, 0.2) is 0 Å². The first-order chi connectivity index (χ1) is 10.3. The summed E-state index contributed by atoms with van der Waals surface area (Å²) in [6.07, 6.45) is 6.43. The number of aliphatic hydroxyl groups is 1. The lowest BCUT2D eigenvalue weighted by Crippen LogP contribution is -2.26. The van der Waals surface area contributed by atoms with Crippen LogP contribution in [0.1, 0.15) is 53.9 Å². The fraction of sp³-hybridized carbons (Fsp3) is 0.400. The summed E-state index contributed by atoms with van der Waals surface area (Å²) in [7, 11) is 0. The zero-order valence-electron chi connectivity index (χ0n) is 12.4. The van der Waals surface area contributed by atoms with Crippen molar-refractivity contribution >= 4 is 0 Å². The van der Waals surface area contributed by atoms with Crippen LogP contribution in [0, 0.1) is 0 Å². The van der Waals surface area contributed by atoms with E-state index in [-0.39, 0.29) is 0 Å². The van der Waals surface area contributed by atoms with Crippen molar-refractivity contribution in [2.45, 2.75) is 50.0 Å². The Labute approximate surface area is 126 Å². The molecular formula is C20H22O. The Morgan fingerprint density at radius 2 is 1.71 bits per heavy atom. The molecule has 2 atom stereocenters. The van der Waals surface area contributed by atoms with Crippen molar-refractivity contribution < 1.29 is 5.11 Å². The standard InChI is InChI=1S/C20H22O/c21-20(13-12-16-7-2-4-11-19(16)20)14-17-9-5-8-15-6-1-3-10-18(15)17/h1-4,6-7,10-11,17,21H,5,8-9,12-14H2. The third kappa shape index (κ3) is 2.20. The van der Waals surface area contributed by atoms with Crippen LogP contribution in [-0.2, 0) is 18.4 Å². The molecule has 4 rings (SSSR count). The van der Waals surface area contributed by atoms with Crippen LogP contribution in [0.2, 0.25) is 0 Å². The number of hydrogen-bond acceptors (Lipinski definition) is 1. The topological polar surface area (TPSA) is 20.2 Å². The second-order valence-electron chi connectivity index (χ2n) is 6.68. The normalized spacial score (nSPS) is 27.2. The van der Waals surface area contributed by atoms with E-state index in [0.29, 0.717) is 5.92 Å². The summed E-state index contributed by atoms with van der Waals surface area (Å²) < 4.78 is 0. The third-order valence-corrected chi connectivity index (χ3v) is 5.40. The van der Waals surface area contributed by atoms with E-state index < -0.39 is 5.60 Å². The Morgan fingerprint density at radius 1 is 0.952 bits per heavy atom. The predicted octanol–water partition coefficient (Wildman–Crippen LogP) is 4.33. The lowest BCUT2D eigenvalue weighted by Gasteiger charge is -2.33. The summed E-state index contributed by atoms with van der Waals surface area (Å²) in [6.45, 7) is 0. The van der Waals surface area contributed by atoms with Crippen molar-refractivity contribution in [2.24, 2.45) is 0 Å². The van der Waals surface area contributed by atoms with Gasteiger partial charge in [0, 0.05) is 0 Å². The van der Waals surface area contributed by atoms with Gasteiger partial charge >= 0.3 is 0 Å². The molecule has 2 aromatic carbocycles. The van der Waals surface area contributed by atoms with Gasteiger partial charge in [-0.3, -0.25) is 0 Å². The largest absolute Gasteiger partial charge is 0.385 e. The average molecular weight is 278 g/mol. The molecular weight excluding hydrogens is 256 g/mol. The Kier molecular flexibility index (Phi) is 3.11. The molecule has 0 amide bonds. The molecule has 1 N–H and O–H groups in total. The lowest BCUT2D eigenvalue weighted by atomic mass is 9.75. The van der Waals surface area contributed by atoms with E-state index in [1.54, 1.807) is 0 Å². The fourth-order valence-electron chi connectivity index (χ4n) is 4.35. The SMILES string of the molecule is OC1(CC2CCCc3ccccc32)CCc2ccccc21. The first-order valence-corrected chi connectivity index (χ1v) is 8.15. The van der Waals surface area contributed by atoms with Crippen LogP contribution in [0.3, 0.4) is 0 Å². The Hall–Kier alpha value is -1.60. The van der Waals surface area contributed by atoms with Gasteiger partial charge in [-0.15, -0.1) is 0 Å². The van der Waals surface area contributed by atoms with E-state index in [4.69, 9.17) is 0 Å². The zero-order chi connectivity index (χ0) is 14.3. The number of benzene rings is 2. The van der Waals surface area contributed by atoms with Crippen LogP contribution in [0.5, 0.6) is 0 Å². The maximum atomic E-state index is 11.2. The molecule has 0 bridgehead atoms. The van der Waals surface area contributed by atoms with E-state index >= 15 is 0 Å². The van der Waals surface area contributed by atoms with Gasteiger partial charge in [-0.1, -0.05) is 48.5 Å². The van der Waals surface area contributed by atoms with Crippen molar-refractivity contribution in [1.29, 1.82) is 0 Å². The highest BCUT2D eigenvalue weighted by molar-refractivity contribution is 5.39. The van der Waals surface area contributed by atoms with Crippen LogP contribution in [0.15, 0.2) is 48.5 Å². The lowest BCUT2D eigenvalue weighted by molar-refractivity contribution is 0.0204. The van der Waals surface area contributed by atoms with Crippen molar-refractivity contribution in [1.82, 2.24) is 0 Å². The maximum Gasteiger partial charge on any atom is 0.0908 e. The molecule has 0 spiro atoms. The van der Waals surface area contributed by atoms with Gasteiger partial charge < -0.3 is 5.11 Å². The summed E-state index contributed by atoms with van der Waals surface area (Å²) in [5.74, 6) is 0.506. The van der Waals surface area contributed by atoms with Crippen molar-refractivity contribution in [3.05, 3.63) is 70.8 Å². The molecule has 0 radical (unpaired) electrons. The van der Waals surface area contributed by atoms with Crippen molar-refractivity contribution in [3.8, 4) is 0 Å². The Bertz CT molecular complexity index is 660. The molecule has 2 aliphatic rings. The van der Waals surface area contributed by atoms with Gasteiger partial charge in [0.2, 0.25) is 0 Å². The van der Waals surface area contributed by atoms with E-state index in [2.05, 4.69) is 48.5 Å². The minimum absolute atomic E-state index is 0.506. The first-order valence-electron chi connectivity index (χ1n) is 8.15. The van der Waals surface area contributed by atoms with Gasteiger partial charge in [-0.25, -0.2) is 0 Å². The Morgan fingerprint density at radius 3 is 2.62 bits per heavy atom. The van der Waals surface area contributed by atoms with Gasteiger partial charge in [0.25, 0.3) is 0 Å². The maximum absolute atomic E-state index is 11.2. The molecule has 0 aromatic heterocycles. The summed E-state index contributed by atoms with van der Waals surface area (Å²) >= 11 is 0. The van der Waals surface area contributed by atoms with Crippen LogP contribution >= 0.6 is 0 Å². The summed E-state index contributed by atoms with van der Waals surface area (Å²) in [5, 5.41) is 11.2. The number of hydrogen-bond donors (Lipinski definition) is 1. The highest BCUT2D eigenvalue weighted by Gasteiger charge is 2.39. The van der Waals surface area contributed by atoms with E-state index in [1.165, 1.54) is 41.5 Å². The molecule has 0 saturated carbocycles. The molecule has 0 heterocycles. The zero-order valence-corrected chi connectivity index (χ0v) is 12.4. The molecule has 1 heteroatoms. The summed E-state index contributed by atoms with van der Waals surface area (Å²) in [6, 6.07) is 17.2. The van der Waals surface area contributed by atoms with Gasteiger partial charge in [0.05, 0.1) is 5.60 Å². The van der Waals surface area contributed by atoms with Crippen LogP contribution < -0.4 is 0 Å². The van der Waals surface area contributed by atoms with Crippen molar-refractivity contribution in [3.63, 3.8) is 0 Å². The van der Waals surface area contributed by atoms with E-state index in [1.807, 2.05) is 0 Å². The van der Waals surface area contributed by atoms with E-state index in [0.717, 1.165) is 19.3 Å². The van der Waals surface area contributed by atoms with Crippen LogP contribution in [-0.4, -0.2) is 5.11 Å². The van der Waals surface area contributed by atoms with Gasteiger partial charge in [-0.05, 0) is 66.7 Å². The van der Waals surface area contributed by atoms with E-state index in [9.17, 15) is 5.11 Å². The minimum Gasteiger partial charge on any atom is -0.385 e. The van der Waals surface area contributed by atoms with Gasteiger partial charge in [0.1, 0.15) is 0 Å².